The monoisotopic (exact) mass is 364 g/mol. The third-order valence-electron chi connectivity index (χ3n) is 4.65. The van der Waals surface area contributed by atoms with Crippen molar-refractivity contribution < 1.29 is 14.3 Å². The number of nitrogens with one attached hydrogen (secondary N) is 2. The minimum absolute atomic E-state index is 0.140. The SMILES string of the molecule is COc1cccc2c1OC[C@@H](CNC(=O)c1ccccc1-c1ncn[nH]1)C2. The highest BCUT2D eigenvalue weighted by Gasteiger charge is 2.23. The Bertz CT molecular complexity index is 940. The van der Waals surface area contributed by atoms with E-state index in [1.54, 1.807) is 13.2 Å². The van der Waals surface area contributed by atoms with Crippen LogP contribution in [0.5, 0.6) is 11.5 Å². The van der Waals surface area contributed by atoms with Gasteiger partial charge in [0, 0.05) is 18.0 Å². The number of hydrogen-bond donors (Lipinski definition) is 2. The highest BCUT2D eigenvalue weighted by Crippen LogP contribution is 2.35. The summed E-state index contributed by atoms with van der Waals surface area (Å²) in [6, 6.07) is 13.2. The maximum absolute atomic E-state index is 12.7. The van der Waals surface area contributed by atoms with Gasteiger partial charge in [0.05, 0.1) is 19.3 Å². The second-order valence-electron chi connectivity index (χ2n) is 6.42. The first-order chi connectivity index (χ1) is 13.3. The average molecular weight is 364 g/mol. The average Bonchev–Trinajstić information content (AvgIpc) is 3.26. The number of para-hydroxylation sites is 1. The van der Waals surface area contributed by atoms with E-state index in [2.05, 4.69) is 20.5 Å². The molecule has 0 spiro atoms. The summed E-state index contributed by atoms with van der Waals surface area (Å²) in [6.07, 6.45) is 2.26. The third-order valence-corrected chi connectivity index (χ3v) is 4.65. The van der Waals surface area contributed by atoms with Gasteiger partial charge in [0.1, 0.15) is 6.33 Å². The van der Waals surface area contributed by atoms with Crippen LogP contribution in [0.4, 0.5) is 0 Å². The van der Waals surface area contributed by atoms with E-state index in [0.29, 0.717) is 24.5 Å². The molecule has 3 aromatic rings. The number of carbonyl (C=O) groups excluding carboxylic acids is 1. The number of hydrogen-bond acceptors (Lipinski definition) is 5. The minimum Gasteiger partial charge on any atom is -0.493 e. The molecule has 2 heterocycles. The van der Waals surface area contributed by atoms with Gasteiger partial charge in [-0.05, 0) is 24.1 Å². The van der Waals surface area contributed by atoms with Crippen LogP contribution in [0, 0.1) is 5.92 Å². The summed E-state index contributed by atoms with van der Waals surface area (Å²) in [7, 11) is 1.64. The van der Waals surface area contributed by atoms with Crippen molar-refractivity contribution >= 4 is 5.91 Å². The van der Waals surface area contributed by atoms with E-state index < -0.39 is 0 Å². The number of aromatic amines is 1. The van der Waals surface area contributed by atoms with Crippen LogP contribution in [-0.4, -0.2) is 41.3 Å². The summed E-state index contributed by atoms with van der Waals surface area (Å²) in [5, 5.41) is 9.68. The summed E-state index contributed by atoms with van der Waals surface area (Å²) in [4.78, 5) is 16.9. The highest BCUT2D eigenvalue weighted by atomic mass is 16.5. The number of rotatable bonds is 5. The van der Waals surface area contributed by atoms with Gasteiger partial charge in [-0.25, -0.2) is 4.98 Å². The molecule has 7 nitrogen and oxygen atoms in total. The Morgan fingerprint density at radius 3 is 3.00 bits per heavy atom. The van der Waals surface area contributed by atoms with E-state index in [9.17, 15) is 4.79 Å². The third kappa shape index (κ3) is 3.48. The van der Waals surface area contributed by atoms with Crippen LogP contribution in [0.15, 0.2) is 48.8 Å². The number of methoxy groups -OCH3 is 1. The van der Waals surface area contributed by atoms with Crippen LogP contribution in [0.3, 0.4) is 0 Å². The van der Waals surface area contributed by atoms with E-state index in [0.717, 1.165) is 29.0 Å². The van der Waals surface area contributed by atoms with E-state index >= 15 is 0 Å². The molecule has 0 aliphatic carbocycles. The lowest BCUT2D eigenvalue weighted by atomic mass is 9.96. The molecule has 0 unspecified atom stereocenters. The molecule has 4 rings (SSSR count). The number of nitrogens with zero attached hydrogens (tertiary/aromatic N) is 2. The molecule has 2 N–H and O–H groups in total. The Balaban J connectivity index is 1.44. The van der Waals surface area contributed by atoms with Gasteiger partial charge < -0.3 is 14.8 Å². The Hall–Kier alpha value is -3.35. The van der Waals surface area contributed by atoms with Gasteiger partial charge in [0.15, 0.2) is 17.3 Å². The number of carbonyl (C=O) groups is 1. The molecule has 0 bridgehead atoms. The number of aromatic nitrogens is 3. The molecule has 1 aliphatic heterocycles. The van der Waals surface area contributed by atoms with Crippen LogP contribution in [0.1, 0.15) is 15.9 Å². The molecular weight excluding hydrogens is 344 g/mol. The van der Waals surface area contributed by atoms with Gasteiger partial charge in [0.25, 0.3) is 5.91 Å². The van der Waals surface area contributed by atoms with Crippen LogP contribution >= 0.6 is 0 Å². The number of ether oxygens (including phenoxy) is 2. The van der Waals surface area contributed by atoms with Gasteiger partial charge in [-0.2, -0.15) is 5.10 Å². The van der Waals surface area contributed by atoms with Crippen molar-refractivity contribution in [2.24, 2.45) is 5.92 Å². The maximum atomic E-state index is 12.7. The number of benzene rings is 2. The molecule has 0 saturated carbocycles. The van der Waals surface area contributed by atoms with E-state index in [1.165, 1.54) is 6.33 Å². The minimum atomic E-state index is -0.140. The Morgan fingerprint density at radius 1 is 1.30 bits per heavy atom. The van der Waals surface area contributed by atoms with Gasteiger partial charge in [-0.3, -0.25) is 9.89 Å². The van der Waals surface area contributed by atoms with E-state index in [1.807, 2.05) is 36.4 Å². The predicted octanol–water partition coefficient (Wildman–Crippen LogP) is 2.46. The number of amides is 1. The lowest BCUT2D eigenvalue weighted by molar-refractivity contribution is 0.0939. The summed E-state index contributed by atoms with van der Waals surface area (Å²) in [5.41, 5.74) is 2.39. The quantitative estimate of drug-likeness (QED) is 0.726. The molecule has 27 heavy (non-hydrogen) atoms. The zero-order chi connectivity index (χ0) is 18.6. The first-order valence-electron chi connectivity index (χ1n) is 8.78. The van der Waals surface area contributed by atoms with Gasteiger partial charge >= 0.3 is 0 Å². The molecule has 0 radical (unpaired) electrons. The molecule has 1 aliphatic rings. The fourth-order valence-electron chi connectivity index (χ4n) is 3.30. The van der Waals surface area contributed by atoms with Crippen LogP contribution in [-0.2, 0) is 6.42 Å². The summed E-state index contributed by atoms with van der Waals surface area (Å²) in [6.45, 7) is 1.07. The van der Waals surface area contributed by atoms with Crippen molar-refractivity contribution in [3.05, 3.63) is 59.9 Å². The molecule has 2 aromatic carbocycles. The highest BCUT2D eigenvalue weighted by molar-refractivity contribution is 6.00. The predicted molar refractivity (Wildman–Crippen MR) is 99.8 cm³/mol. The van der Waals surface area contributed by atoms with Gasteiger partial charge in [0.2, 0.25) is 0 Å². The van der Waals surface area contributed by atoms with Gasteiger partial charge in [-0.15, -0.1) is 0 Å². The Labute approximate surface area is 156 Å². The molecule has 1 atom stereocenters. The van der Waals surface area contributed by atoms with E-state index in [4.69, 9.17) is 9.47 Å². The Morgan fingerprint density at radius 2 is 2.19 bits per heavy atom. The molecule has 1 aromatic heterocycles. The lowest BCUT2D eigenvalue weighted by Crippen LogP contribution is -2.35. The van der Waals surface area contributed by atoms with Crippen LogP contribution < -0.4 is 14.8 Å². The largest absolute Gasteiger partial charge is 0.493 e. The first-order valence-corrected chi connectivity index (χ1v) is 8.78. The first kappa shape index (κ1) is 17.1. The van der Waals surface area contributed by atoms with Crippen molar-refractivity contribution in [3.8, 4) is 22.9 Å². The fourth-order valence-corrected chi connectivity index (χ4v) is 3.30. The molecular formula is C20H20N4O3. The van der Waals surface area contributed by atoms with Crippen LogP contribution in [0.25, 0.3) is 11.4 Å². The summed E-state index contributed by atoms with van der Waals surface area (Å²) >= 11 is 0. The normalized spacial score (nSPS) is 15.5. The van der Waals surface area contributed by atoms with Crippen molar-refractivity contribution in [2.75, 3.05) is 20.3 Å². The lowest BCUT2D eigenvalue weighted by Gasteiger charge is -2.26. The topological polar surface area (TPSA) is 89.1 Å². The maximum Gasteiger partial charge on any atom is 0.252 e. The molecule has 0 fully saturated rings. The molecule has 0 saturated heterocycles. The van der Waals surface area contributed by atoms with Crippen LogP contribution in [0.2, 0.25) is 0 Å². The smallest absolute Gasteiger partial charge is 0.252 e. The van der Waals surface area contributed by atoms with Crippen molar-refractivity contribution in [1.29, 1.82) is 0 Å². The van der Waals surface area contributed by atoms with Crippen molar-refractivity contribution in [3.63, 3.8) is 0 Å². The number of fused-ring (bicyclic) bond motifs is 1. The standard InChI is InChI=1S/C20H20N4O3/c1-26-17-8-4-5-14-9-13(11-27-18(14)17)10-21-20(25)16-7-3-2-6-15(16)19-22-12-23-24-19/h2-8,12-13H,9-11H2,1H3,(H,21,25)(H,22,23,24)/t13-/m1/s1. The fraction of sp³-hybridized carbons (Fsp3) is 0.250. The van der Waals surface area contributed by atoms with E-state index in [-0.39, 0.29) is 11.8 Å². The van der Waals surface area contributed by atoms with Crippen molar-refractivity contribution in [2.45, 2.75) is 6.42 Å². The second kappa shape index (κ2) is 7.49. The zero-order valence-electron chi connectivity index (χ0n) is 14.9. The second-order valence-corrected chi connectivity index (χ2v) is 6.42. The molecule has 1 amide bonds. The molecule has 138 valence electrons. The summed E-state index contributed by atoms with van der Waals surface area (Å²) < 4.78 is 11.2. The van der Waals surface area contributed by atoms with Crippen molar-refractivity contribution in [1.82, 2.24) is 20.5 Å². The van der Waals surface area contributed by atoms with Gasteiger partial charge in [-0.1, -0.05) is 30.3 Å². The number of H-pyrrole nitrogens is 1. The molecule has 7 heteroatoms. The zero-order valence-corrected chi connectivity index (χ0v) is 14.9. The summed E-state index contributed by atoms with van der Waals surface area (Å²) in [5.74, 6) is 2.18. The Kier molecular flexibility index (Phi) is 4.74.